The van der Waals surface area contributed by atoms with Crippen LogP contribution in [-0.4, -0.2) is 67.7 Å². The van der Waals surface area contributed by atoms with Gasteiger partial charge in [-0.3, -0.25) is 14.9 Å². The number of hydrogen-bond donors (Lipinski definition) is 0. The lowest BCUT2D eigenvalue weighted by molar-refractivity contribution is -0.384. The third-order valence-corrected chi connectivity index (χ3v) is 7.51. The molecule has 29 heavy (non-hydrogen) atoms. The van der Waals surface area contributed by atoms with Gasteiger partial charge in [-0.2, -0.15) is 4.31 Å². The smallest absolute Gasteiger partial charge is 0.293 e. The summed E-state index contributed by atoms with van der Waals surface area (Å²) in [5.41, 5.74) is 0.165. The number of sulfonamides is 1. The van der Waals surface area contributed by atoms with E-state index in [1.165, 1.54) is 29.4 Å². The van der Waals surface area contributed by atoms with Crippen LogP contribution in [0, 0.1) is 22.0 Å². The molecule has 0 aromatic heterocycles. The highest BCUT2D eigenvalue weighted by molar-refractivity contribution is 7.89. The summed E-state index contributed by atoms with van der Waals surface area (Å²) in [7, 11) is -3.79. The Bertz CT molecular complexity index is 886. The highest BCUT2D eigenvalue weighted by Crippen LogP contribution is 2.34. The zero-order valence-corrected chi connectivity index (χ0v) is 17.9. The van der Waals surface area contributed by atoms with Gasteiger partial charge < -0.3 is 9.80 Å². The molecule has 10 heteroatoms. The van der Waals surface area contributed by atoms with Crippen molar-refractivity contribution in [2.75, 3.05) is 44.2 Å². The highest BCUT2D eigenvalue weighted by atomic mass is 32.2. The predicted molar refractivity (Wildman–Crippen MR) is 109 cm³/mol. The van der Waals surface area contributed by atoms with E-state index >= 15 is 0 Å². The summed E-state index contributed by atoms with van der Waals surface area (Å²) < 4.78 is 27.6. The van der Waals surface area contributed by atoms with Crippen LogP contribution in [0.25, 0.3) is 0 Å². The van der Waals surface area contributed by atoms with Crippen molar-refractivity contribution in [2.45, 2.75) is 32.1 Å². The van der Waals surface area contributed by atoms with Gasteiger partial charge in [-0.25, -0.2) is 8.42 Å². The Hall–Kier alpha value is -2.20. The molecule has 2 aliphatic rings. The molecule has 0 aliphatic carbocycles. The number of piperazine rings is 1. The number of carbonyl (C=O) groups is 1. The van der Waals surface area contributed by atoms with E-state index < -0.39 is 14.9 Å². The van der Waals surface area contributed by atoms with Crippen molar-refractivity contribution in [3.63, 3.8) is 0 Å². The van der Waals surface area contributed by atoms with Gasteiger partial charge in [0.2, 0.25) is 15.9 Å². The molecule has 1 aromatic rings. The summed E-state index contributed by atoms with van der Waals surface area (Å²) in [6.45, 7) is 8.28. The maximum absolute atomic E-state index is 13.1. The SMILES string of the molecule is CC(=O)N1CCN(c2ccc(S(=O)(=O)N3C[C@H](C)C[C@@H](C)C3)cc2[N+](=O)[O-])CC1. The number of benzene rings is 1. The molecule has 0 radical (unpaired) electrons. The normalized spacial score (nSPS) is 23.8. The van der Waals surface area contributed by atoms with Crippen molar-refractivity contribution < 1.29 is 18.1 Å². The lowest BCUT2D eigenvalue weighted by atomic mass is 9.94. The number of nitro benzene ring substituents is 1. The van der Waals surface area contributed by atoms with Gasteiger partial charge in [-0.1, -0.05) is 13.8 Å². The predicted octanol–water partition coefficient (Wildman–Crippen LogP) is 1.93. The van der Waals surface area contributed by atoms with Crippen molar-refractivity contribution in [3.8, 4) is 0 Å². The van der Waals surface area contributed by atoms with Gasteiger partial charge in [-0.15, -0.1) is 0 Å². The summed E-state index contributed by atoms with van der Waals surface area (Å²) in [5, 5.41) is 11.7. The van der Waals surface area contributed by atoms with Gasteiger partial charge >= 0.3 is 0 Å². The van der Waals surface area contributed by atoms with E-state index in [9.17, 15) is 23.3 Å². The Morgan fingerprint density at radius 2 is 1.69 bits per heavy atom. The molecule has 160 valence electrons. The zero-order chi connectivity index (χ0) is 21.3. The number of amides is 1. The Kier molecular flexibility index (Phi) is 6.13. The van der Waals surface area contributed by atoms with Gasteiger partial charge in [-0.05, 0) is 30.4 Å². The Labute approximate surface area is 171 Å². The fourth-order valence-corrected chi connectivity index (χ4v) is 5.99. The first-order valence-corrected chi connectivity index (χ1v) is 11.3. The van der Waals surface area contributed by atoms with E-state index in [-0.39, 0.29) is 28.3 Å². The van der Waals surface area contributed by atoms with Crippen molar-refractivity contribution >= 4 is 27.3 Å². The monoisotopic (exact) mass is 424 g/mol. The third kappa shape index (κ3) is 4.53. The molecule has 1 aromatic carbocycles. The van der Waals surface area contributed by atoms with Gasteiger partial charge in [0.1, 0.15) is 5.69 Å². The Morgan fingerprint density at radius 1 is 1.10 bits per heavy atom. The lowest BCUT2D eigenvalue weighted by Crippen LogP contribution is -2.48. The number of piperidine rings is 1. The minimum absolute atomic E-state index is 0.0226. The van der Waals surface area contributed by atoms with Crippen LogP contribution in [0.1, 0.15) is 27.2 Å². The van der Waals surface area contributed by atoms with E-state index in [4.69, 9.17) is 0 Å². The van der Waals surface area contributed by atoms with Crippen molar-refractivity contribution in [3.05, 3.63) is 28.3 Å². The van der Waals surface area contributed by atoms with Crippen LogP contribution in [0.4, 0.5) is 11.4 Å². The molecular weight excluding hydrogens is 396 g/mol. The summed E-state index contributed by atoms with van der Waals surface area (Å²) in [6, 6.07) is 4.15. The minimum atomic E-state index is -3.79. The second-order valence-corrected chi connectivity index (χ2v) is 10.1. The maximum atomic E-state index is 13.1. The first-order chi connectivity index (χ1) is 13.6. The van der Waals surface area contributed by atoms with E-state index in [1.807, 2.05) is 18.7 Å². The second kappa shape index (κ2) is 8.27. The lowest BCUT2D eigenvalue weighted by Gasteiger charge is -2.35. The molecular formula is C19H28N4O5S. The second-order valence-electron chi connectivity index (χ2n) is 8.17. The molecule has 2 aliphatic heterocycles. The number of hydrogen-bond acceptors (Lipinski definition) is 6. The van der Waals surface area contributed by atoms with Crippen LogP contribution in [-0.2, 0) is 14.8 Å². The van der Waals surface area contributed by atoms with E-state index in [2.05, 4.69) is 0 Å². The molecule has 0 spiro atoms. The van der Waals surface area contributed by atoms with Gasteiger partial charge in [0.25, 0.3) is 5.69 Å². The average Bonchev–Trinajstić information content (AvgIpc) is 2.66. The summed E-state index contributed by atoms with van der Waals surface area (Å²) in [6.07, 6.45) is 0.970. The van der Waals surface area contributed by atoms with Crippen molar-refractivity contribution in [2.24, 2.45) is 11.8 Å². The highest BCUT2D eigenvalue weighted by Gasteiger charge is 2.34. The number of carbonyl (C=O) groups excluding carboxylic acids is 1. The number of rotatable bonds is 4. The van der Waals surface area contributed by atoms with Crippen LogP contribution in [0.3, 0.4) is 0 Å². The average molecular weight is 425 g/mol. The molecule has 2 fully saturated rings. The molecule has 0 bridgehead atoms. The summed E-state index contributed by atoms with van der Waals surface area (Å²) in [5.74, 6) is 0.478. The van der Waals surface area contributed by atoms with Crippen molar-refractivity contribution in [1.82, 2.24) is 9.21 Å². The fourth-order valence-electron chi connectivity index (χ4n) is 4.29. The van der Waals surface area contributed by atoms with Crippen LogP contribution in [0.5, 0.6) is 0 Å². The molecule has 0 unspecified atom stereocenters. The fraction of sp³-hybridized carbons (Fsp3) is 0.632. The molecule has 3 rings (SSSR count). The van der Waals surface area contributed by atoms with Gasteiger partial charge in [0, 0.05) is 52.3 Å². The molecule has 0 N–H and O–H groups in total. The maximum Gasteiger partial charge on any atom is 0.293 e. The molecule has 2 heterocycles. The van der Waals surface area contributed by atoms with Gasteiger partial charge in [0.15, 0.2) is 0 Å². The van der Waals surface area contributed by atoms with Crippen LogP contribution < -0.4 is 4.90 Å². The largest absolute Gasteiger partial charge is 0.362 e. The minimum Gasteiger partial charge on any atom is -0.362 e. The van der Waals surface area contributed by atoms with Crippen molar-refractivity contribution in [1.29, 1.82) is 0 Å². The van der Waals surface area contributed by atoms with Crippen LogP contribution in [0.15, 0.2) is 23.1 Å². The van der Waals surface area contributed by atoms with Gasteiger partial charge in [0.05, 0.1) is 9.82 Å². The van der Waals surface area contributed by atoms with E-state index in [0.717, 1.165) is 6.42 Å². The first kappa shape index (κ1) is 21.5. The van der Waals surface area contributed by atoms with E-state index in [0.29, 0.717) is 45.0 Å². The summed E-state index contributed by atoms with van der Waals surface area (Å²) >= 11 is 0. The molecule has 2 saturated heterocycles. The Morgan fingerprint density at radius 3 is 2.21 bits per heavy atom. The Balaban J connectivity index is 1.88. The molecule has 2 atom stereocenters. The number of nitro groups is 1. The van der Waals surface area contributed by atoms with E-state index in [1.54, 1.807) is 4.90 Å². The van der Waals surface area contributed by atoms with Crippen LogP contribution in [0.2, 0.25) is 0 Å². The third-order valence-electron chi connectivity index (χ3n) is 5.68. The topological polar surface area (TPSA) is 104 Å². The number of nitrogens with zero attached hydrogens (tertiary/aromatic N) is 4. The molecule has 0 saturated carbocycles. The van der Waals surface area contributed by atoms with Crippen LogP contribution >= 0.6 is 0 Å². The quantitative estimate of drug-likeness (QED) is 0.540. The molecule has 1 amide bonds. The first-order valence-electron chi connectivity index (χ1n) is 9.88. The number of anilines is 1. The zero-order valence-electron chi connectivity index (χ0n) is 17.1. The standard InChI is InChI=1S/C19H28N4O5S/c1-14-10-15(2)13-22(12-14)29(27,28)17-4-5-18(19(11-17)23(25)26)21-8-6-20(7-9-21)16(3)24/h4-5,11,14-15H,6-10,12-13H2,1-3H3/t14-,15-/m1/s1. The summed E-state index contributed by atoms with van der Waals surface area (Å²) in [4.78, 5) is 26.1. The molecule has 9 nitrogen and oxygen atoms in total.